The zero-order valence-electron chi connectivity index (χ0n) is 8.72. The first-order valence-corrected chi connectivity index (χ1v) is 4.90. The van der Waals surface area contributed by atoms with Crippen molar-refractivity contribution < 1.29 is 0 Å². The molecule has 0 aliphatic carbocycles. The number of hydrogen-bond acceptors (Lipinski definition) is 3. The Morgan fingerprint density at radius 3 is 2.87 bits per heavy atom. The van der Waals surface area contributed by atoms with E-state index in [-0.39, 0.29) is 0 Å². The van der Waals surface area contributed by atoms with Crippen LogP contribution < -0.4 is 5.73 Å². The Morgan fingerprint density at radius 1 is 1.40 bits per heavy atom. The highest BCUT2D eigenvalue weighted by atomic mass is 15.3. The molecule has 0 saturated heterocycles. The van der Waals surface area contributed by atoms with Gasteiger partial charge in [-0.3, -0.25) is 0 Å². The first-order valence-electron chi connectivity index (χ1n) is 4.90. The Balaban J connectivity index is 2.22. The van der Waals surface area contributed by atoms with Gasteiger partial charge in [0.1, 0.15) is 12.7 Å². The maximum absolute atomic E-state index is 5.58. The van der Waals surface area contributed by atoms with Gasteiger partial charge < -0.3 is 5.73 Å². The van der Waals surface area contributed by atoms with Crippen LogP contribution in [0.15, 0.2) is 30.9 Å². The molecule has 78 valence electrons. The summed E-state index contributed by atoms with van der Waals surface area (Å²) in [5, 5.41) is 4.08. The summed E-state index contributed by atoms with van der Waals surface area (Å²) >= 11 is 0. The van der Waals surface area contributed by atoms with E-state index in [1.807, 2.05) is 4.68 Å². The number of aryl methyl sites for hydroxylation is 1. The Kier molecular flexibility index (Phi) is 2.78. The van der Waals surface area contributed by atoms with Gasteiger partial charge >= 0.3 is 0 Å². The van der Waals surface area contributed by atoms with Gasteiger partial charge in [0.2, 0.25) is 0 Å². The molecule has 4 nitrogen and oxygen atoms in total. The molecule has 0 aliphatic heterocycles. The third kappa shape index (κ3) is 2.22. The monoisotopic (exact) mass is 202 g/mol. The van der Waals surface area contributed by atoms with Crippen LogP contribution in [0.25, 0.3) is 0 Å². The Labute approximate surface area is 88.8 Å². The minimum atomic E-state index is 0.588. The third-order valence-corrected chi connectivity index (χ3v) is 2.44. The molecule has 0 radical (unpaired) electrons. The molecular weight excluding hydrogens is 188 g/mol. The van der Waals surface area contributed by atoms with Crippen LogP contribution in [0.2, 0.25) is 0 Å². The van der Waals surface area contributed by atoms with Gasteiger partial charge in [-0.25, -0.2) is 9.67 Å². The van der Waals surface area contributed by atoms with E-state index in [9.17, 15) is 0 Å². The van der Waals surface area contributed by atoms with Crippen LogP contribution in [-0.2, 0) is 13.1 Å². The van der Waals surface area contributed by atoms with Crippen LogP contribution in [0.3, 0.4) is 0 Å². The highest BCUT2D eigenvalue weighted by molar-refractivity contribution is 5.31. The maximum Gasteiger partial charge on any atom is 0.137 e. The lowest BCUT2D eigenvalue weighted by molar-refractivity contribution is 0.681. The van der Waals surface area contributed by atoms with Gasteiger partial charge in [0.05, 0.1) is 6.54 Å². The molecule has 2 aromatic rings. The van der Waals surface area contributed by atoms with E-state index in [0.717, 1.165) is 12.1 Å². The molecule has 4 heteroatoms. The van der Waals surface area contributed by atoms with Crippen molar-refractivity contribution in [3.63, 3.8) is 0 Å². The minimum absolute atomic E-state index is 0.588. The first kappa shape index (κ1) is 9.86. The molecule has 1 aromatic carbocycles. The molecular formula is C11H14N4. The van der Waals surface area contributed by atoms with Crippen LogP contribution in [0.4, 0.5) is 0 Å². The number of nitrogens with two attached hydrogens (primary N) is 1. The number of aromatic nitrogens is 3. The molecule has 2 N–H and O–H groups in total. The summed E-state index contributed by atoms with van der Waals surface area (Å²) in [6.45, 7) is 3.44. The van der Waals surface area contributed by atoms with Gasteiger partial charge in [-0.1, -0.05) is 18.2 Å². The number of benzene rings is 1. The molecule has 1 heterocycles. The topological polar surface area (TPSA) is 56.7 Å². The van der Waals surface area contributed by atoms with E-state index in [4.69, 9.17) is 5.73 Å². The van der Waals surface area contributed by atoms with Crippen molar-refractivity contribution in [3.05, 3.63) is 47.5 Å². The van der Waals surface area contributed by atoms with Crippen molar-refractivity contribution in [2.45, 2.75) is 20.0 Å². The SMILES string of the molecule is Cc1cc(CN)ccc1Cn1cncn1. The van der Waals surface area contributed by atoms with Crippen LogP contribution in [0.5, 0.6) is 0 Å². The number of rotatable bonds is 3. The van der Waals surface area contributed by atoms with E-state index in [2.05, 4.69) is 35.2 Å². The summed E-state index contributed by atoms with van der Waals surface area (Å²) in [4.78, 5) is 3.91. The highest BCUT2D eigenvalue weighted by Gasteiger charge is 2.00. The fourth-order valence-corrected chi connectivity index (χ4v) is 1.55. The second-order valence-electron chi connectivity index (χ2n) is 3.56. The van der Waals surface area contributed by atoms with E-state index >= 15 is 0 Å². The van der Waals surface area contributed by atoms with Crippen LogP contribution in [0.1, 0.15) is 16.7 Å². The fraction of sp³-hybridized carbons (Fsp3) is 0.273. The van der Waals surface area contributed by atoms with Crippen molar-refractivity contribution in [2.24, 2.45) is 5.73 Å². The van der Waals surface area contributed by atoms with Gasteiger partial charge in [0.15, 0.2) is 0 Å². The summed E-state index contributed by atoms with van der Waals surface area (Å²) < 4.78 is 1.81. The van der Waals surface area contributed by atoms with E-state index in [1.165, 1.54) is 11.1 Å². The Morgan fingerprint density at radius 2 is 2.27 bits per heavy atom. The zero-order valence-corrected chi connectivity index (χ0v) is 8.72. The normalized spacial score (nSPS) is 10.5. The lowest BCUT2D eigenvalue weighted by Crippen LogP contribution is -2.03. The van der Waals surface area contributed by atoms with Crippen molar-refractivity contribution >= 4 is 0 Å². The van der Waals surface area contributed by atoms with E-state index in [1.54, 1.807) is 12.7 Å². The summed E-state index contributed by atoms with van der Waals surface area (Å²) in [5.41, 5.74) is 9.23. The zero-order chi connectivity index (χ0) is 10.7. The van der Waals surface area contributed by atoms with Crippen molar-refractivity contribution in [1.82, 2.24) is 14.8 Å². The van der Waals surface area contributed by atoms with Gasteiger partial charge in [0, 0.05) is 6.54 Å². The number of hydrogen-bond donors (Lipinski definition) is 1. The van der Waals surface area contributed by atoms with Crippen molar-refractivity contribution in [2.75, 3.05) is 0 Å². The van der Waals surface area contributed by atoms with E-state index < -0.39 is 0 Å². The molecule has 0 saturated carbocycles. The van der Waals surface area contributed by atoms with Gasteiger partial charge in [0.25, 0.3) is 0 Å². The molecule has 0 aliphatic rings. The van der Waals surface area contributed by atoms with Crippen LogP contribution in [-0.4, -0.2) is 14.8 Å². The smallest absolute Gasteiger partial charge is 0.137 e. The molecule has 0 atom stereocenters. The van der Waals surface area contributed by atoms with Crippen molar-refractivity contribution in [3.8, 4) is 0 Å². The lowest BCUT2D eigenvalue weighted by Gasteiger charge is -2.07. The van der Waals surface area contributed by atoms with Gasteiger partial charge in [-0.05, 0) is 23.6 Å². The Hall–Kier alpha value is -1.68. The van der Waals surface area contributed by atoms with Crippen molar-refractivity contribution in [1.29, 1.82) is 0 Å². The predicted molar refractivity (Wildman–Crippen MR) is 58.2 cm³/mol. The molecule has 1 aromatic heterocycles. The Bertz CT molecular complexity index is 434. The summed E-state index contributed by atoms with van der Waals surface area (Å²) in [5.74, 6) is 0. The minimum Gasteiger partial charge on any atom is -0.326 e. The summed E-state index contributed by atoms with van der Waals surface area (Å²) in [7, 11) is 0. The molecule has 0 bridgehead atoms. The maximum atomic E-state index is 5.58. The summed E-state index contributed by atoms with van der Waals surface area (Å²) in [6, 6.07) is 6.27. The highest BCUT2D eigenvalue weighted by Crippen LogP contribution is 2.11. The van der Waals surface area contributed by atoms with Gasteiger partial charge in [-0.2, -0.15) is 5.10 Å². The molecule has 0 amide bonds. The molecule has 2 rings (SSSR count). The third-order valence-electron chi connectivity index (χ3n) is 2.44. The van der Waals surface area contributed by atoms with Crippen LogP contribution >= 0.6 is 0 Å². The lowest BCUT2D eigenvalue weighted by atomic mass is 10.1. The first-order chi connectivity index (χ1) is 7.29. The van der Waals surface area contributed by atoms with E-state index in [0.29, 0.717) is 6.54 Å². The molecule has 0 spiro atoms. The summed E-state index contributed by atoms with van der Waals surface area (Å²) in [6.07, 6.45) is 3.26. The molecule has 15 heavy (non-hydrogen) atoms. The average molecular weight is 202 g/mol. The van der Waals surface area contributed by atoms with Crippen LogP contribution in [0, 0.1) is 6.92 Å². The van der Waals surface area contributed by atoms with Gasteiger partial charge in [-0.15, -0.1) is 0 Å². The molecule has 0 fully saturated rings. The fourth-order valence-electron chi connectivity index (χ4n) is 1.55. The average Bonchev–Trinajstić information content (AvgIpc) is 2.74. The number of nitrogens with zero attached hydrogens (tertiary/aromatic N) is 3. The second-order valence-corrected chi connectivity index (χ2v) is 3.56. The second kappa shape index (κ2) is 4.23. The molecule has 0 unspecified atom stereocenters. The predicted octanol–water partition coefficient (Wildman–Crippen LogP) is 1.09. The standard InChI is InChI=1S/C11H14N4/c1-9-4-10(5-12)2-3-11(9)6-15-8-13-7-14-15/h2-4,7-8H,5-6,12H2,1H3. The quantitative estimate of drug-likeness (QED) is 0.810. The largest absolute Gasteiger partial charge is 0.326 e.